The van der Waals surface area contributed by atoms with Gasteiger partial charge in [-0.25, -0.2) is 0 Å². The second-order valence-electron chi connectivity index (χ2n) is 9.63. The zero-order valence-corrected chi connectivity index (χ0v) is 21.7. The standard InChI is InChI=1S/C35H22N2OS/c1-2-10-23(11-3-1)26-13-6-8-16-30(26)37(25-19-21-33-29(22-25)28-15-7-9-17-32(28)39-33)35-36-34-27-14-5-4-12-24(27)18-20-31(34)38-35/h1-22H. The molecule has 0 saturated carbocycles. The third-order valence-corrected chi connectivity index (χ3v) is 8.46. The maximum atomic E-state index is 6.54. The fourth-order valence-corrected chi connectivity index (χ4v) is 6.57. The van der Waals surface area contributed by atoms with Crippen molar-refractivity contribution in [1.82, 2.24) is 4.98 Å². The number of fused-ring (bicyclic) bond motifs is 6. The van der Waals surface area contributed by atoms with Gasteiger partial charge in [-0.3, -0.25) is 4.90 Å². The third-order valence-electron chi connectivity index (χ3n) is 7.31. The lowest BCUT2D eigenvalue weighted by Crippen LogP contribution is -2.11. The minimum absolute atomic E-state index is 0.545. The molecule has 8 aromatic rings. The van der Waals surface area contributed by atoms with Gasteiger partial charge in [0.1, 0.15) is 5.52 Å². The van der Waals surface area contributed by atoms with Crippen molar-refractivity contribution in [3.8, 4) is 11.1 Å². The second-order valence-corrected chi connectivity index (χ2v) is 10.7. The van der Waals surface area contributed by atoms with Gasteiger partial charge in [0, 0.05) is 31.1 Å². The SMILES string of the molecule is c1ccc(-c2ccccc2N(c2ccc3sc4ccccc4c3c2)c2nc3c(ccc4ccccc43)o2)cc1. The lowest BCUT2D eigenvalue weighted by molar-refractivity contribution is 0.608. The van der Waals surface area contributed by atoms with E-state index < -0.39 is 0 Å². The smallest absolute Gasteiger partial charge is 0.307 e. The van der Waals surface area contributed by atoms with Crippen LogP contribution in [0.5, 0.6) is 0 Å². The molecule has 0 amide bonds. The molecule has 8 rings (SSSR count). The highest BCUT2D eigenvalue weighted by Crippen LogP contribution is 2.44. The number of thiophene rings is 1. The van der Waals surface area contributed by atoms with Crippen LogP contribution in [0.3, 0.4) is 0 Å². The first-order chi connectivity index (χ1) is 19.3. The number of anilines is 3. The Bertz CT molecular complexity index is 2130. The fraction of sp³-hybridized carbons (Fsp3) is 0. The maximum Gasteiger partial charge on any atom is 0.307 e. The molecule has 0 unspecified atom stereocenters. The topological polar surface area (TPSA) is 29.3 Å². The van der Waals surface area contributed by atoms with Gasteiger partial charge in [-0.15, -0.1) is 11.3 Å². The largest absolute Gasteiger partial charge is 0.423 e. The zero-order chi connectivity index (χ0) is 25.8. The predicted octanol–water partition coefficient (Wildman–Crippen LogP) is 10.5. The summed E-state index contributed by atoms with van der Waals surface area (Å²) in [4.78, 5) is 7.28. The Morgan fingerprint density at radius 3 is 2.26 bits per heavy atom. The van der Waals surface area contributed by atoms with Crippen molar-refractivity contribution in [2.75, 3.05) is 4.90 Å². The molecule has 2 aromatic heterocycles. The summed E-state index contributed by atoms with van der Waals surface area (Å²) in [5, 5.41) is 4.73. The van der Waals surface area contributed by atoms with Crippen LogP contribution in [0, 0.1) is 0 Å². The minimum atomic E-state index is 0.545. The highest BCUT2D eigenvalue weighted by molar-refractivity contribution is 7.25. The molecule has 0 atom stereocenters. The first-order valence-corrected chi connectivity index (χ1v) is 13.8. The van der Waals surface area contributed by atoms with Gasteiger partial charge in [-0.05, 0) is 47.3 Å². The van der Waals surface area contributed by atoms with Crippen molar-refractivity contribution in [3.05, 3.63) is 133 Å². The third kappa shape index (κ3) is 3.61. The van der Waals surface area contributed by atoms with Crippen molar-refractivity contribution >= 4 is 70.8 Å². The van der Waals surface area contributed by atoms with E-state index in [1.54, 1.807) is 0 Å². The number of rotatable bonds is 4. The Hall–Kier alpha value is -4.93. The molecule has 0 radical (unpaired) electrons. The molecule has 184 valence electrons. The van der Waals surface area contributed by atoms with Crippen LogP contribution in [-0.2, 0) is 0 Å². The van der Waals surface area contributed by atoms with E-state index in [1.807, 2.05) is 29.5 Å². The molecule has 0 aliphatic rings. The van der Waals surface area contributed by atoms with Crippen LogP contribution >= 0.6 is 11.3 Å². The van der Waals surface area contributed by atoms with Crippen molar-refractivity contribution in [2.45, 2.75) is 0 Å². The summed E-state index contributed by atoms with van der Waals surface area (Å²) in [6.07, 6.45) is 0. The first kappa shape index (κ1) is 22.1. The number of para-hydroxylation sites is 1. The second kappa shape index (κ2) is 8.83. The zero-order valence-electron chi connectivity index (χ0n) is 20.9. The van der Waals surface area contributed by atoms with Gasteiger partial charge in [0.15, 0.2) is 5.58 Å². The monoisotopic (exact) mass is 518 g/mol. The van der Waals surface area contributed by atoms with Crippen LogP contribution in [0.4, 0.5) is 17.4 Å². The molecule has 6 aromatic carbocycles. The summed E-state index contributed by atoms with van der Waals surface area (Å²) in [6, 6.07) is 47.2. The van der Waals surface area contributed by atoms with Crippen LogP contribution in [0.1, 0.15) is 0 Å². The molecule has 39 heavy (non-hydrogen) atoms. The van der Waals surface area contributed by atoms with Gasteiger partial charge in [0.05, 0.1) is 11.4 Å². The lowest BCUT2D eigenvalue weighted by Gasteiger charge is -2.24. The van der Waals surface area contributed by atoms with Gasteiger partial charge >= 0.3 is 6.01 Å². The van der Waals surface area contributed by atoms with E-state index in [0.717, 1.165) is 44.4 Å². The number of oxazole rings is 1. The molecular weight excluding hydrogens is 496 g/mol. The summed E-state index contributed by atoms with van der Waals surface area (Å²) in [7, 11) is 0. The Labute approximate surface area is 229 Å². The van der Waals surface area contributed by atoms with E-state index in [4.69, 9.17) is 9.40 Å². The quantitative estimate of drug-likeness (QED) is 0.232. The predicted molar refractivity (Wildman–Crippen MR) is 165 cm³/mol. The number of aromatic nitrogens is 1. The normalized spacial score (nSPS) is 11.6. The van der Waals surface area contributed by atoms with E-state index in [9.17, 15) is 0 Å². The van der Waals surface area contributed by atoms with Crippen molar-refractivity contribution in [1.29, 1.82) is 0 Å². The summed E-state index contributed by atoms with van der Waals surface area (Å²) >= 11 is 1.82. The van der Waals surface area contributed by atoms with Gasteiger partial charge in [0.25, 0.3) is 0 Å². The maximum absolute atomic E-state index is 6.54. The molecule has 4 heteroatoms. The van der Waals surface area contributed by atoms with Crippen molar-refractivity contribution in [2.24, 2.45) is 0 Å². The van der Waals surface area contributed by atoms with E-state index in [1.165, 1.54) is 20.2 Å². The van der Waals surface area contributed by atoms with E-state index >= 15 is 0 Å². The molecule has 0 bridgehead atoms. The van der Waals surface area contributed by atoms with Gasteiger partial charge in [-0.1, -0.05) is 97.1 Å². The van der Waals surface area contributed by atoms with Crippen molar-refractivity contribution in [3.63, 3.8) is 0 Å². The van der Waals surface area contributed by atoms with E-state index in [0.29, 0.717) is 6.01 Å². The number of hydrogen-bond donors (Lipinski definition) is 0. The van der Waals surface area contributed by atoms with Gasteiger partial charge < -0.3 is 4.42 Å². The lowest BCUT2D eigenvalue weighted by atomic mass is 10.0. The number of hydrogen-bond acceptors (Lipinski definition) is 4. The van der Waals surface area contributed by atoms with Crippen molar-refractivity contribution < 1.29 is 4.42 Å². The molecule has 2 heterocycles. The van der Waals surface area contributed by atoms with Gasteiger partial charge in [-0.2, -0.15) is 4.98 Å². The molecule has 0 fully saturated rings. The summed E-state index contributed by atoms with van der Waals surface area (Å²) in [5.74, 6) is 0. The Morgan fingerprint density at radius 1 is 0.590 bits per heavy atom. The number of nitrogens with zero attached hydrogens (tertiary/aromatic N) is 2. The van der Waals surface area contributed by atoms with Crippen LogP contribution in [0.25, 0.3) is 53.2 Å². The van der Waals surface area contributed by atoms with Crippen LogP contribution in [-0.4, -0.2) is 4.98 Å². The van der Waals surface area contributed by atoms with Gasteiger partial charge in [0.2, 0.25) is 0 Å². The van der Waals surface area contributed by atoms with Crippen LogP contribution < -0.4 is 4.90 Å². The van der Waals surface area contributed by atoms with Crippen LogP contribution in [0.15, 0.2) is 138 Å². The highest BCUT2D eigenvalue weighted by Gasteiger charge is 2.23. The number of benzene rings is 6. The molecule has 0 aliphatic carbocycles. The minimum Gasteiger partial charge on any atom is -0.423 e. The first-order valence-electron chi connectivity index (χ1n) is 13.0. The summed E-state index contributed by atoms with van der Waals surface area (Å²) in [6.45, 7) is 0. The average Bonchev–Trinajstić information content (AvgIpc) is 3.60. The molecule has 0 N–H and O–H groups in total. The Balaban J connectivity index is 1.41. The summed E-state index contributed by atoms with van der Waals surface area (Å²) in [5.41, 5.74) is 5.91. The molecule has 0 aliphatic heterocycles. The highest BCUT2D eigenvalue weighted by atomic mass is 32.1. The fourth-order valence-electron chi connectivity index (χ4n) is 5.48. The molecule has 0 spiro atoms. The molecular formula is C35H22N2OS. The van der Waals surface area contributed by atoms with Crippen LogP contribution in [0.2, 0.25) is 0 Å². The summed E-state index contributed by atoms with van der Waals surface area (Å²) < 4.78 is 9.09. The Kier molecular flexibility index (Phi) is 5.00. The average molecular weight is 519 g/mol. The molecule has 3 nitrogen and oxygen atoms in total. The van der Waals surface area contributed by atoms with E-state index in [2.05, 4.69) is 120 Å². The molecule has 0 saturated heterocycles. The van der Waals surface area contributed by atoms with E-state index in [-0.39, 0.29) is 0 Å². The Morgan fingerprint density at radius 2 is 1.33 bits per heavy atom.